The highest BCUT2D eigenvalue weighted by Crippen LogP contribution is 2.19. The number of rotatable bonds is 53. The van der Waals surface area contributed by atoms with Gasteiger partial charge in [0.25, 0.3) is 0 Å². The fourth-order valence-corrected chi connectivity index (χ4v) is 9.02. The molecule has 6 nitrogen and oxygen atoms in total. The molecular weight excluding hydrogens is 805 g/mol. The van der Waals surface area contributed by atoms with Crippen molar-refractivity contribution in [2.75, 3.05) is 13.2 Å². The normalized spacial score (nSPS) is 12.5. The van der Waals surface area contributed by atoms with Crippen LogP contribution >= 0.6 is 0 Å². The van der Waals surface area contributed by atoms with Crippen LogP contribution < -0.4 is 0 Å². The Hall–Kier alpha value is -1.59. The second kappa shape index (κ2) is 51.8. The van der Waals surface area contributed by atoms with Crippen molar-refractivity contribution >= 4 is 17.9 Å². The number of esters is 3. The van der Waals surface area contributed by atoms with Crippen molar-refractivity contribution in [3.05, 3.63) is 0 Å². The van der Waals surface area contributed by atoms with Crippen LogP contribution in [0.5, 0.6) is 0 Å². The molecule has 0 heterocycles. The molecule has 0 spiro atoms. The Morgan fingerprint density at radius 2 is 0.585 bits per heavy atom. The fourth-order valence-electron chi connectivity index (χ4n) is 9.02. The van der Waals surface area contributed by atoms with E-state index in [1.54, 1.807) is 0 Å². The summed E-state index contributed by atoms with van der Waals surface area (Å²) in [6.45, 7) is 11.5. The van der Waals surface area contributed by atoms with Gasteiger partial charge in [-0.05, 0) is 31.1 Å². The maximum Gasteiger partial charge on any atom is 0.306 e. The molecule has 0 saturated carbocycles. The third kappa shape index (κ3) is 51.6. The van der Waals surface area contributed by atoms with Crippen molar-refractivity contribution < 1.29 is 28.6 Å². The monoisotopic (exact) mass is 919 g/mol. The van der Waals surface area contributed by atoms with Crippen LogP contribution in [0.1, 0.15) is 330 Å². The van der Waals surface area contributed by atoms with E-state index < -0.39 is 6.10 Å². The lowest BCUT2D eigenvalue weighted by Crippen LogP contribution is -2.30. The van der Waals surface area contributed by atoms with Crippen LogP contribution in [0.2, 0.25) is 0 Å². The highest BCUT2D eigenvalue weighted by Gasteiger charge is 2.19. The first-order valence-corrected chi connectivity index (χ1v) is 29.3. The highest BCUT2D eigenvalue weighted by atomic mass is 16.6. The molecule has 0 aliphatic heterocycles. The van der Waals surface area contributed by atoms with Crippen LogP contribution in [-0.4, -0.2) is 37.2 Å². The van der Waals surface area contributed by atoms with Crippen molar-refractivity contribution in [3.8, 4) is 0 Å². The Kier molecular flexibility index (Phi) is 50.5. The molecule has 0 N–H and O–H groups in total. The smallest absolute Gasteiger partial charge is 0.306 e. The van der Waals surface area contributed by atoms with Crippen LogP contribution in [0, 0.1) is 11.8 Å². The van der Waals surface area contributed by atoms with Crippen molar-refractivity contribution in [1.82, 2.24) is 0 Å². The molecule has 0 aromatic heterocycles. The molecule has 386 valence electrons. The second-order valence-electron chi connectivity index (χ2n) is 21.0. The summed E-state index contributed by atoms with van der Waals surface area (Å²) in [6, 6.07) is 0. The van der Waals surface area contributed by atoms with Gasteiger partial charge in [0, 0.05) is 19.3 Å². The Labute approximate surface area is 406 Å². The van der Waals surface area contributed by atoms with E-state index in [1.807, 2.05) is 0 Å². The molecule has 0 fully saturated rings. The zero-order valence-corrected chi connectivity index (χ0v) is 44.6. The maximum atomic E-state index is 12.8. The van der Waals surface area contributed by atoms with Gasteiger partial charge in [-0.1, -0.05) is 291 Å². The Morgan fingerprint density at radius 1 is 0.323 bits per heavy atom. The molecule has 0 saturated heterocycles. The molecule has 0 radical (unpaired) electrons. The average molecular weight is 920 g/mol. The molecule has 0 rings (SSSR count). The van der Waals surface area contributed by atoms with E-state index in [4.69, 9.17) is 14.2 Å². The molecular formula is C59H114O6. The molecule has 0 amide bonds. The van der Waals surface area contributed by atoms with Gasteiger partial charge in [0.2, 0.25) is 0 Å². The summed E-state index contributed by atoms with van der Waals surface area (Å²) in [5.41, 5.74) is 0. The van der Waals surface area contributed by atoms with Crippen LogP contribution in [0.4, 0.5) is 0 Å². The Balaban J connectivity index is 4.29. The van der Waals surface area contributed by atoms with Gasteiger partial charge in [-0.3, -0.25) is 14.4 Å². The average Bonchev–Trinajstić information content (AvgIpc) is 3.29. The number of ether oxygens (including phenoxy) is 3. The molecule has 1 unspecified atom stereocenters. The summed E-state index contributed by atoms with van der Waals surface area (Å²) >= 11 is 0. The van der Waals surface area contributed by atoms with E-state index >= 15 is 0 Å². The Bertz CT molecular complexity index is 995. The summed E-state index contributed by atoms with van der Waals surface area (Å²) < 4.78 is 16.9. The minimum Gasteiger partial charge on any atom is -0.462 e. The predicted octanol–water partition coefficient (Wildman–Crippen LogP) is 19.3. The molecule has 0 aliphatic carbocycles. The number of carbonyl (C=O) groups is 3. The first kappa shape index (κ1) is 63.4. The topological polar surface area (TPSA) is 78.9 Å². The van der Waals surface area contributed by atoms with Crippen molar-refractivity contribution in [1.29, 1.82) is 0 Å². The Morgan fingerprint density at radius 3 is 0.877 bits per heavy atom. The van der Waals surface area contributed by atoms with E-state index in [-0.39, 0.29) is 31.1 Å². The summed E-state index contributed by atoms with van der Waals surface area (Å²) in [4.78, 5) is 38.1. The van der Waals surface area contributed by atoms with Crippen LogP contribution in [0.15, 0.2) is 0 Å². The van der Waals surface area contributed by atoms with Gasteiger partial charge in [-0.15, -0.1) is 0 Å². The summed E-state index contributed by atoms with van der Waals surface area (Å²) in [7, 11) is 0. The minimum atomic E-state index is -0.762. The molecule has 0 bridgehead atoms. The largest absolute Gasteiger partial charge is 0.462 e. The van der Waals surface area contributed by atoms with Gasteiger partial charge in [0.05, 0.1) is 0 Å². The summed E-state index contributed by atoms with van der Waals surface area (Å²) in [6.07, 6.45) is 55.1. The SMILES string of the molecule is CCCCCCCCCCCCCCCCC(=O)O[C@H](COC(=O)CCCCCCCCCCCCCCCCC(C)CC)COC(=O)CCCCCCCCCCCCCCC(C)C. The zero-order valence-electron chi connectivity index (χ0n) is 44.6. The minimum absolute atomic E-state index is 0.0625. The number of carbonyl (C=O) groups excluding carboxylic acids is 3. The maximum absolute atomic E-state index is 12.8. The van der Waals surface area contributed by atoms with Crippen LogP contribution in [-0.2, 0) is 28.6 Å². The predicted molar refractivity (Wildman–Crippen MR) is 280 cm³/mol. The third-order valence-corrected chi connectivity index (χ3v) is 13.8. The zero-order chi connectivity index (χ0) is 47.5. The standard InChI is InChI=1S/C59H114O6/c1-6-8-9-10-11-12-13-14-18-26-31-36-41-46-51-59(62)65-56(53-64-58(61)50-45-40-35-30-25-21-20-22-27-32-37-42-47-54(3)4)52-63-57(60)49-44-39-34-29-24-19-16-15-17-23-28-33-38-43-48-55(5)7-2/h54-56H,6-53H2,1-5H3/t55?,56-/m1/s1. The molecule has 6 heteroatoms. The number of unbranched alkanes of at least 4 members (excludes halogenated alkanes) is 37. The lowest BCUT2D eigenvalue weighted by atomic mass is 9.99. The summed E-state index contributed by atoms with van der Waals surface area (Å²) in [5, 5.41) is 0. The number of hydrogen-bond acceptors (Lipinski definition) is 6. The molecule has 0 aromatic rings. The van der Waals surface area contributed by atoms with Gasteiger partial charge < -0.3 is 14.2 Å². The fraction of sp³-hybridized carbons (Fsp3) is 0.949. The van der Waals surface area contributed by atoms with E-state index in [0.717, 1.165) is 69.6 Å². The lowest BCUT2D eigenvalue weighted by Gasteiger charge is -2.18. The van der Waals surface area contributed by atoms with Gasteiger partial charge in [-0.25, -0.2) is 0 Å². The van der Waals surface area contributed by atoms with Crippen molar-refractivity contribution in [2.45, 2.75) is 336 Å². The van der Waals surface area contributed by atoms with Gasteiger partial charge >= 0.3 is 17.9 Å². The summed E-state index contributed by atoms with van der Waals surface area (Å²) in [5.74, 6) is 0.892. The first-order valence-electron chi connectivity index (χ1n) is 29.3. The van der Waals surface area contributed by atoms with Crippen LogP contribution in [0.25, 0.3) is 0 Å². The van der Waals surface area contributed by atoms with Crippen molar-refractivity contribution in [3.63, 3.8) is 0 Å². The van der Waals surface area contributed by atoms with E-state index in [0.29, 0.717) is 19.3 Å². The second-order valence-corrected chi connectivity index (χ2v) is 21.0. The van der Waals surface area contributed by atoms with Crippen LogP contribution in [0.3, 0.4) is 0 Å². The quantitative estimate of drug-likeness (QED) is 0.0344. The van der Waals surface area contributed by atoms with Gasteiger partial charge in [-0.2, -0.15) is 0 Å². The van der Waals surface area contributed by atoms with Gasteiger partial charge in [0.15, 0.2) is 6.10 Å². The van der Waals surface area contributed by atoms with E-state index in [1.165, 1.54) is 218 Å². The van der Waals surface area contributed by atoms with E-state index in [2.05, 4.69) is 34.6 Å². The molecule has 65 heavy (non-hydrogen) atoms. The van der Waals surface area contributed by atoms with Gasteiger partial charge in [0.1, 0.15) is 13.2 Å². The highest BCUT2D eigenvalue weighted by molar-refractivity contribution is 5.71. The molecule has 2 atom stereocenters. The van der Waals surface area contributed by atoms with Crippen molar-refractivity contribution in [2.24, 2.45) is 11.8 Å². The van der Waals surface area contributed by atoms with E-state index in [9.17, 15) is 14.4 Å². The molecule has 0 aliphatic rings. The molecule has 0 aromatic carbocycles. The first-order chi connectivity index (χ1) is 31.8. The number of hydrogen-bond donors (Lipinski definition) is 0. The lowest BCUT2D eigenvalue weighted by molar-refractivity contribution is -0.167. The third-order valence-electron chi connectivity index (χ3n) is 13.8.